The fraction of sp³-hybridized carbons (Fsp3) is 0.726. The molecule has 89 heavy (non-hydrogen) atoms. The summed E-state index contributed by atoms with van der Waals surface area (Å²) in [6, 6.07) is 18.7. The molecule has 3 aliphatic heterocycles. The monoisotopic (exact) mass is 1260 g/mol. The first-order valence-electron chi connectivity index (χ1n) is 33.7. The zero-order chi connectivity index (χ0) is 66.3. The van der Waals surface area contributed by atoms with Crippen molar-refractivity contribution < 1.29 is 63.7 Å². The van der Waals surface area contributed by atoms with E-state index in [1.165, 1.54) is 14.0 Å². The molecule has 1 amide bonds. The van der Waals surface area contributed by atoms with Crippen LogP contribution in [-0.2, 0) is 33.3 Å². The van der Waals surface area contributed by atoms with Gasteiger partial charge in [0.25, 0.3) is 0 Å². The summed E-state index contributed by atoms with van der Waals surface area (Å²) in [4.78, 5) is 47.4. The van der Waals surface area contributed by atoms with Crippen LogP contribution in [0.2, 0.25) is 0 Å². The SMILES string of the molecule is CC[C@H]1OC(=O)[C@H](C)C([C@H]2C[C@@](C)(OC)[C@@H](O)[C@H](C)O2)[C@H](C)[C@@H](O[C@@H]2O[C@H](C)C[C@H](N(C)C)[C@H]2O)[C@](C)(O)C[C@@H](C)CN(C(=O)CCCCCCCCCCCP(O)(c2cc(C)cc(C)c2)(c2cc(C)cc(C)c2)c2cc(C)cc(C)c2)[C@H](C)[C@@H](O)[C@]1(C)O. The maximum absolute atomic E-state index is 14.9. The molecule has 15 nitrogen and oxygen atoms in total. The Morgan fingerprint density at radius 1 is 0.697 bits per heavy atom. The first-order chi connectivity index (χ1) is 41.5. The number of benzene rings is 3. The first kappa shape index (κ1) is 74.6. The number of unbranched alkanes of at least 4 members (excludes halogenated alkanes) is 8. The Hall–Kier alpha value is -3.41. The number of likely N-dealkylation sites (N-methyl/N-ethyl adjacent to an activating group) is 1. The van der Waals surface area contributed by atoms with E-state index in [2.05, 4.69) is 96.1 Å². The molecule has 3 aromatic rings. The molecule has 0 bridgehead atoms. The van der Waals surface area contributed by atoms with E-state index in [0.29, 0.717) is 19.0 Å². The van der Waals surface area contributed by atoms with Gasteiger partial charge in [0.15, 0.2) is 6.29 Å². The number of ether oxygens (including phenoxy) is 5. The van der Waals surface area contributed by atoms with Crippen LogP contribution < -0.4 is 15.9 Å². The molecule has 3 aliphatic rings. The van der Waals surface area contributed by atoms with Crippen LogP contribution in [0.5, 0.6) is 0 Å². The molecule has 1 unspecified atom stereocenters. The number of nitrogens with zero attached hydrogens (tertiary/aromatic N) is 2. The predicted octanol–water partition coefficient (Wildman–Crippen LogP) is 10.3. The molecule has 3 aromatic carbocycles. The molecule has 0 aromatic heterocycles. The van der Waals surface area contributed by atoms with Gasteiger partial charge in [0.2, 0.25) is 0 Å². The van der Waals surface area contributed by atoms with Gasteiger partial charge in [0, 0.05) is 32.0 Å². The van der Waals surface area contributed by atoms with E-state index in [1.54, 1.807) is 46.4 Å². The molecule has 16 heteroatoms. The maximum atomic E-state index is 14.9. The van der Waals surface area contributed by atoms with E-state index >= 15 is 0 Å². The third-order valence-electron chi connectivity index (χ3n) is 20.9. The summed E-state index contributed by atoms with van der Waals surface area (Å²) >= 11 is 0. The summed E-state index contributed by atoms with van der Waals surface area (Å²) in [5.41, 5.74) is 2.10. The van der Waals surface area contributed by atoms with Crippen LogP contribution in [-0.4, -0.2) is 170 Å². The minimum atomic E-state index is -3.97. The summed E-state index contributed by atoms with van der Waals surface area (Å²) in [5, 5.41) is 64.2. The number of aliphatic hydroxyl groups is 5. The van der Waals surface area contributed by atoms with Crippen molar-refractivity contribution in [2.75, 3.05) is 33.9 Å². The Balaban J connectivity index is 1.18. The number of amides is 1. The molecule has 0 spiro atoms. The second kappa shape index (κ2) is 30.8. The molecule has 3 saturated heterocycles. The normalized spacial score (nSPS) is 34.3. The number of hydrogen-bond acceptors (Lipinski definition) is 14. The van der Waals surface area contributed by atoms with Gasteiger partial charge in [-0.15, -0.1) is 0 Å². The van der Waals surface area contributed by atoms with Gasteiger partial charge in [-0.25, -0.2) is 0 Å². The number of hydrogen-bond donors (Lipinski definition) is 6. The van der Waals surface area contributed by atoms with E-state index in [0.717, 1.165) is 101 Å². The molecular weight excluding hydrogens is 1140 g/mol. The number of rotatable bonds is 21. The largest absolute Gasteiger partial charge is 0.388 e. The van der Waals surface area contributed by atoms with Crippen LogP contribution in [0.3, 0.4) is 0 Å². The molecule has 504 valence electrons. The fourth-order valence-electron chi connectivity index (χ4n) is 16.0. The molecule has 3 heterocycles. The van der Waals surface area contributed by atoms with Crippen molar-refractivity contribution in [2.45, 2.75) is 285 Å². The summed E-state index contributed by atoms with van der Waals surface area (Å²) in [7, 11) is 5.31. The van der Waals surface area contributed by atoms with Crippen LogP contribution in [0.25, 0.3) is 0 Å². The van der Waals surface area contributed by atoms with Gasteiger partial charge >= 0.3 is 239 Å². The molecule has 0 aliphatic carbocycles. The first-order valence-corrected chi connectivity index (χ1v) is 36.1. The van der Waals surface area contributed by atoms with Gasteiger partial charge in [-0.2, -0.15) is 0 Å². The molecular formula is C73H119N2O13P. The molecule has 0 saturated carbocycles. The third kappa shape index (κ3) is 17.1. The Kier molecular flexibility index (Phi) is 25.8. The van der Waals surface area contributed by atoms with Crippen molar-refractivity contribution in [3.05, 3.63) is 88.0 Å². The van der Waals surface area contributed by atoms with E-state index in [1.807, 2.05) is 39.8 Å². The second-order valence-electron chi connectivity index (χ2n) is 29.3. The van der Waals surface area contributed by atoms with Gasteiger partial charge < -0.3 is 59.0 Å². The number of aliphatic hydroxyl groups excluding tert-OH is 3. The quantitative estimate of drug-likeness (QED) is 0.0333. The minimum Gasteiger partial charge on any atom is -0.388 e. The zero-order valence-electron chi connectivity index (χ0n) is 58.1. The van der Waals surface area contributed by atoms with Gasteiger partial charge in [-0.1, -0.05) is 27.7 Å². The second-order valence-corrected chi connectivity index (χ2v) is 33.8. The van der Waals surface area contributed by atoms with Crippen LogP contribution in [0, 0.1) is 65.2 Å². The van der Waals surface area contributed by atoms with E-state index in [9.17, 15) is 40.0 Å². The van der Waals surface area contributed by atoms with E-state index < -0.39 is 108 Å². The Morgan fingerprint density at radius 3 is 1.63 bits per heavy atom. The average molecular weight is 1260 g/mol. The number of carbonyl (C=O) groups is 2. The zero-order valence-corrected chi connectivity index (χ0v) is 58.9. The van der Waals surface area contributed by atoms with E-state index in [-0.39, 0.29) is 50.3 Å². The van der Waals surface area contributed by atoms with Gasteiger partial charge in [0.05, 0.1) is 47.6 Å². The van der Waals surface area contributed by atoms with Crippen LogP contribution >= 0.6 is 6.83 Å². The summed E-state index contributed by atoms with van der Waals surface area (Å²) in [5.74, 6) is -3.71. The van der Waals surface area contributed by atoms with Crippen molar-refractivity contribution in [1.82, 2.24) is 9.80 Å². The smallest absolute Gasteiger partial charge is 0.126 e. The third-order valence-corrected chi connectivity index (χ3v) is 26.2. The molecule has 18 atom stereocenters. The van der Waals surface area contributed by atoms with Gasteiger partial charge in [0.1, 0.15) is 30.0 Å². The number of aryl methyl sites for hydroxylation is 6. The van der Waals surface area contributed by atoms with Crippen LogP contribution in [0.4, 0.5) is 0 Å². The molecule has 0 radical (unpaired) electrons. The molecule has 6 N–H and O–H groups in total. The number of carbonyl (C=O) groups excluding carboxylic acids is 2. The maximum Gasteiger partial charge on any atom is 0.126 e. The van der Waals surface area contributed by atoms with Crippen molar-refractivity contribution in [1.29, 1.82) is 0 Å². The Morgan fingerprint density at radius 2 is 1.17 bits per heavy atom. The van der Waals surface area contributed by atoms with Crippen molar-refractivity contribution >= 4 is 34.6 Å². The summed E-state index contributed by atoms with van der Waals surface area (Å²) in [6.07, 6.45) is 1.42. The van der Waals surface area contributed by atoms with Gasteiger partial charge in [-0.3, -0.25) is 9.59 Å². The Bertz CT molecular complexity index is 2620. The standard InChI is InChI=1S/C73H119N2O13P/c1-20-62-73(16,82)66(78)55(12)75(44-51(8)42-71(14,81)68(88-70-65(77)60(74(17)18)41-52(9)85-70)53(10)64(54(11)69(80)87-62)61-43-72(15,84-19)67(79)56(13)86-61)63(76)30-28-26-24-22-21-23-25-27-29-31-89(83,57-35-45(2)32-46(3)36-57,58-37-47(4)33-48(5)38-58)59-39-49(6)34-50(7)40-59/h32-40,51-56,60-62,64-68,70,77-79,81-83H,20-31,41-44H2,1-19H3/t51-,52-,53+,54-,55-,56+,60+,61-,62-,64?,65-,66-,67+,68-,70+,71-,72-,73-/m1/s1. The summed E-state index contributed by atoms with van der Waals surface area (Å²) in [6.45, 7) is 26.6. The van der Waals surface area contributed by atoms with Crippen LogP contribution in [0.1, 0.15) is 193 Å². The van der Waals surface area contributed by atoms with Crippen molar-refractivity contribution in [2.24, 2.45) is 23.7 Å². The van der Waals surface area contributed by atoms with Crippen molar-refractivity contribution in [3.63, 3.8) is 0 Å². The number of esters is 1. The molecule has 6 rings (SSSR count). The Labute approximate surface area is 536 Å². The van der Waals surface area contributed by atoms with Crippen LogP contribution in [0.15, 0.2) is 54.6 Å². The molecule has 3 fully saturated rings. The number of methoxy groups -OCH3 is 1. The average Bonchev–Trinajstić information content (AvgIpc) is 0.730. The van der Waals surface area contributed by atoms with Crippen molar-refractivity contribution in [3.8, 4) is 0 Å². The fourth-order valence-corrected chi connectivity index (χ4v) is 21.4. The van der Waals surface area contributed by atoms with Gasteiger partial charge in [-0.05, 0) is 86.7 Å². The minimum absolute atomic E-state index is 0.0915. The summed E-state index contributed by atoms with van der Waals surface area (Å²) < 4.78 is 32.2. The topological polar surface area (TPSA) is 208 Å². The number of cyclic esters (lactones) is 1. The van der Waals surface area contributed by atoms with E-state index in [4.69, 9.17) is 23.7 Å². The predicted molar refractivity (Wildman–Crippen MR) is 359 cm³/mol.